The van der Waals surface area contributed by atoms with E-state index in [-0.39, 0.29) is 22.7 Å². The third-order valence-corrected chi connectivity index (χ3v) is 5.33. The van der Waals surface area contributed by atoms with Gasteiger partial charge in [0.2, 0.25) is 5.76 Å². The van der Waals surface area contributed by atoms with Gasteiger partial charge in [0.1, 0.15) is 21.3 Å². The second-order valence-corrected chi connectivity index (χ2v) is 6.97. The molecule has 0 aliphatic heterocycles. The quantitative estimate of drug-likeness (QED) is 0.644. The number of hydrogen-bond acceptors (Lipinski definition) is 7. The maximum atomic E-state index is 13.1. The first-order valence-electron chi connectivity index (χ1n) is 8.30. The zero-order valence-corrected chi connectivity index (χ0v) is 15.9. The van der Waals surface area contributed by atoms with Crippen LogP contribution >= 0.6 is 11.3 Å². The van der Waals surface area contributed by atoms with Crippen molar-refractivity contribution in [1.82, 2.24) is 9.55 Å². The number of aryl methyl sites for hydroxylation is 2. The number of carboxylic acids is 1. The maximum absolute atomic E-state index is 13.1. The molecule has 142 valence electrons. The number of carbonyl (C=O) groups is 2. The number of furan rings is 1. The number of carbonyl (C=O) groups excluding carboxylic acids is 1. The Kier molecular flexibility index (Phi) is 5.13. The Morgan fingerprint density at radius 3 is 2.74 bits per heavy atom. The normalized spacial score (nSPS) is 11.1. The van der Waals surface area contributed by atoms with E-state index in [1.807, 2.05) is 6.92 Å². The molecule has 27 heavy (non-hydrogen) atoms. The number of methoxy groups -OCH3 is 1. The van der Waals surface area contributed by atoms with Crippen molar-refractivity contribution in [1.29, 1.82) is 0 Å². The molecule has 0 bridgehead atoms. The van der Waals surface area contributed by atoms with Crippen molar-refractivity contribution in [3.05, 3.63) is 50.3 Å². The second-order valence-electron chi connectivity index (χ2n) is 5.97. The zero-order valence-electron chi connectivity index (χ0n) is 15.1. The van der Waals surface area contributed by atoms with E-state index in [2.05, 4.69) is 9.72 Å². The molecule has 3 aromatic heterocycles. The fraction of sp³-hybridized carbons (Fsp3) is 0.333. The second kappa shape index (κ2) is 7.36. The summed E-state index contributed by atoms with van der Waals surface area (Å²) in [6.45, 7) is 3.66. The molecule has 0 radical (unpaired) electrons. The standard InChI is InChI=1S/C18H18N2O6S/c1-4-5-12-19-15-13(9(2)14(27-15)17(22)23)16(21)20(12)8-10-6-7-11(26-10)18(24)25-3/h6-7H,4-5,8H2,1-3H3,(H,22,23). The summed E-state index contributed by atoms with van der Waals surface area (Å²) in [6.07, 6.45) is 1.31. The summed E-state index contributed by atoms with van der Waals surface area (Å²) in [5, 5.41) is 9.63. The Bertz CT molecular complexity index is 1090. The molecular weight excluding hydrogens is 372 g/mol. The zero-order chi connectivity index (χ0) is 19.7. The van der Waals surface area contributed by atoms with Gasteiger partial charge >= 0.3 is 11.9 Å². The van der Waals surface area contributed by atoms with Gasteiger partial charge in [0, 0.05) is 6.42 Å². The Hall–Kier alpha value is -2.94. The van der Waals surface area contributed by atoms with E-state index in [1.165, 1.54) is 17.7 Å². The van der Waals surface area contributed by atoms with E-state index in [9.17, 15) is 19.5 Å². The molecule has 0 unspecified atom stereocenters. The topological polar surface area (TPSA) is 112 Å². The largest absolute Gasteiger partial charge is 0.477 e. The first-order chi connectivity index (χ1) is 12.9. The highest BCUT2D eigenvalue weighted by Gasteiger charge is 2.21. The molecule has 0 atom stereocenters. The van der Waals surface area contributed by atoms with Crippen molar-refractivity contribution in [3.63, 3.8) is 0 Å². The molecule has 8 nitrogen and oxygen atoms in total. The SMILES string of the molecule is CCCc1nc2sc(C(=O)O)c(C)c2c(=O)n1Cc1ccc(C(=O)OC)o1. The van der Waals surface area contributed by atoms with Gasteiger partial charge in [0.05, 0.1) is 19.0 Å². The van der Waals surface area contributed by atoms with Gasteiger partial charge in [-0.25, -0.2) is 14.6 Å². The van der Waals surface area contributed by atoms with Crippen molar-refractivity contribution in [2.45, 2.75) is 33.2 Å². The fourth-order valence-electron chi connectivity index (χ4n) is 2.87. The van der Waals surface area contributed by atoms with E-state index in [4.69, 9.17) is 4.42 Å². The molecule has 0 aliphatic rings. The Morgan fingerprint density at radius 2 is 2.11 bits per heavy atom. The van der Waals surface area contributed by atoms with Gasteiger partial charge in [-0.3, -0.25) is 9.36 Å². The lowest BCUT2D eigenvalue weighted by atomic mass is 10.2. The number of thiophene rings is 1. The minimum atomic E-state index is -1.08. The average molecular weight is 390 g/mol. The van der Waals surface area contributed by atoms with Crippen LogP contribution < -0.4 is 5.56 Å². The van der Waals surface area contributed by atoms with Crippen LogP contribution in [-0.4, -0.2) is 33.7 Å². The van der Waals surface area contributed by atoms with Crippen LogP contribution in [0.25, 0.3) is 10.2 Å². The van der Waals surface area contributed by atoms with Crippen molar-refractivity contribution >= 4 is 33.5 Å². The van der Waals surface area contributed by atoms with Gasteiger partial charge in [0.15, 0.2) is 0 Å². The van der Waals surface area contributed by atoms with Crippen LogP contribution in [0.1, 0.15) is 50.7 Å². The summed E-state index contributed by atoms with van der Waals surface area (Å²) in [7, 11) is 1.26. The smallest absolute Gasteiger partial charge is 0.373 e. The van der Waals surface area contributed by atoms with Gasteiger partial charge in [-0.05, 0) is 31.0 Å². The van der Waals surface area contributed by atoms with Crippen molar-refractivity contribution in [2.24, 2.45) is 0 Å². The van der Waals surface area contributed by atoms with Gasteiger partial charge in [-0.2, -0.15) is 0 Å². The van der Waals surface area contributed by atoms with Crippen molar-refractivity contribution in [3.8, 4) is 0 Å². The molecular formula is C18H18N2O6S. The number of carboxylic acid groups (broad SMARTS) is 1. The summed E-state index contributed by atoms with van der Waals surface area (Å²) < 4.78 is 11.5. The maximum Gasteiger partial charge on any atom is 0.373 e. The van der Waals surface area contributed by atoms with E-state index in [0.29, 0.717) is 33.8 Å². The van der Waals surface area contributed by atoms with Crippen LogP contribution in [0, 0.1) is 6.92 Å². The predicted molar refractivity (Wildman–Crippen MR) is 98.7 cm³/mol. The number of esters is 1. The summed E-state index contributed by atoms with van der Waals surface area (Å²) in [4.78, 5) is 41.1. The molecule has 3 rings (SSSR count). The fourth-order valence-corrected chi connectivity index (χ4v) is 3.90. The third-order valence-electron chi connectivity index (χ3n) is 4.16. The minimum Gasteiger partial charge on any atom is -0.477 e. The number of rotatable bonds is 6. The lowest BCUT2D eigenvalue weighted by Crippen LogP contribution is -2.25. The van der Waals surface area contributed by atoms with Gasteiger partial charge in [0.25, 0.3) is 5.56 Å². The summed E-state index contributed by atoms with van der Waals surface area (Å²) in [5.74, 6) is -0.680. The van der Waals surface area contributed by atoms with Crippen LogP contribution in [0.5, 0.6) is 0 Å². The number of aromatic carboxylic acids is 1. The highest BCUT2D eigenvalue weighted by Crippen LogP contribution is 2.27. The van der Waals surface area contributed by atoms with Crippen LogP contribution in [-0.2, 0) is 17.7 Å². The van der Waals surface area contributed by atoms with Crippen molar-refractivity contribution in [2.75, 3.05) is 7.11 Å². The van der Waals surface area contributed by atoms with Crippen LogP contribution in [0.4, 0.5) is 0 Å². The average Bonchev–Trinajstić information content (AvgIpc) is 3.22. The molecule has 0 aliphatic carbocycles. The van der Waals surface area contributed by atoms with E-state index in [1.54, 1.807) is 13.0 Å². The molecule has 0 fully saturated rings. The first-order valence-corrected chi connectivity index (χ1v) is 9.12. The Balaban J connectivity index is 2.14. The lowest BCUT2D eigenvalue weighted by molar-refractivity contribution is 0.0562. The molecule has 0 amide bonds. The van der Waals surface area contributed by atoms with E-state index >= 15 is 0 Å². The molecule has 3 heterocycles. The lowest BCUT2D eigenvalue weighted by Gasteiger charge is -2.10. The Labute approximate surface area is 158 Å². The third kappa shape index (κ3) is 3.37. The number of aromatic nitrogens is 2. The molecule has 0 spiro atoms. The number of nitrogens with zero attached hydrogens (tertiary/aromatic N) is 2. The Morgan fingerprint density at radius 1 is 1.37 bits per heavy atom. The van der Waals surface area contributed by atoms with Crippen molar-refractivity contribution < 1.29 is 23.8 Å². The molecule has 0 saturated heterocycles. The molecule has 1 N–H and O–H groups in total. The highest BCUT2D eigenvalue weighted by atomic mass is 32.1. The summed E-state index contributed by atoms with van der Waals surface area (Å²) in [5.41, 5.74) is 0.0900. The molecule has 0 saturated carbocycles. The van der Waals surface area contributed by atoms with E-state index in [0.717, 1.165) is 17.8 Å². The minimum absolute atomic E-state index is 0.0477. The monoisotopic (exact) mass is 390 g/mol. The van der Waals surface area contributed by atoms with Gasteiger partial charge in [-0.15, -0.1) is 11.3 Å². The van der Waals surface area contributed by atoms with Gasteiger partial charge in [-0.1, -0.05) is 6.92 Å². The summed E-state index contributed by atoms with van der Waals surface area (Å²) >= 11 is 1.00. The highest BCUT2D eigenvalue weighted by molar-refractivity contribution is 7.20. The number of fused-ring (bicyclic) bond motifs is 1. The molecule has 3 aromatic rings. The molecule has 9 heteroatoms. The summed E-state index contributed by atoms with van der Waals surface area (Å²) in [6, 6.07) is 3.08. The van der Waals surface area contributed by atoms with Crippen LogP contribution in [0.3, 0.4) is 0 Å². The molecule has 0 aromatic carbocycles. The number of ether oxygens (including phenoxy) is 1. The van der Waals surface area contributed by atoms with Gasteiger partial charge < -0.3 is 14.3 Å². The number of hydrogen-bond donors (Lipinski definition) is 1. The van der Waals surface area contributed by atoms with Crippen LogP contribution in [0.2, 0.25) is 0 Å². The van der Waals surface area contributed by atoms with Crippen LogP contribution in [0.15, 0.2) is 21.3 Å². The van der Waals surface area contributed by atoms with E-state index < -0.39 is 11.9 Å². The predicted octanol–water partition coefficient (Wildman–Crippen LogP) is 2.85. The first kappa shape index (κ1) is 18.8.